The first-order valence-electron chi connectivity index (χ1n) is 9.03. The lowest BCUT2D eigenvalue weighted by atomic mass is 9.93. The van der Waals surface area contributed by atoms with Crippen LogP contribution in [0.3, 0.4) is 0 Å². The molecule has 13 heteroatoms. The third-order valence-electron chi connectivity index (χ3n) is 3.70. The number of aliphatic hydroxyl groups is 3. The third-order valence-corrected chi connectivity index (χ3v) is 5.40. The highest BCUT2D eigenvalue weighted by Gasteiger charge is 2.28. The van der Waals surface area contributed by atoms with Gasteiger partial charge in [0.2, 0.25) is 0 Å². The van der Waals surface area contributed by atoms with Crippen molar-refractivity contribution in [3.05, 3.63) is 0 Å². The summed E-state index contributed by atoms with van der Waals surface area (Å²) >= 11 is 0. The molecule has 0 aromatic heterocycles. The quantitative estimate of drug-likeness (QED) is 0.139. The maximum Gasteiger partial charge on any atom is 0.478 e. The SMILES string of the molecule is CC(C)CCCCCCCOCC(CO)(CO)CO.O=P(O)(O)OP(=O)(O)O. The van der Waals surface area contributed by atoms with Crippen molar-refractivity contribution in [1.29, 1.82) is 0 Å². The predicted molar refractivity (Wildman–Crippen MR) is 102 cm³/mol. The van der Waals surface area contributed by atoms with Crippen LogP contribution in [0.25, 0.3) is 0 Å². The van der Waals surface area contributed by atoms with E-state index in [2.05, 4.69) is 18.2 Å². The summed E-state index contributed by atoms with van der Waals surface area (Å²) in [7, 11) is -10.1. The van der Waals surface area contributed by atoms with Crippen molar-refractivity contribution in [1.82, 2.24) is 0 Å². The Morgan fingerprint density at radius 1 is 0.786 bits per heavy atom. The molecule has 0 rings (SSSR count). The second-order valence-electron chi connectivity index (χ2n) is 7.04. The molecule has 0 aromatic rings. The van der Waals surface area contributed by atoms with Gasteiger partial charge in [-0.3, -0.25) is 0 Å². The molecular weight excluding hydrogens is 418 g/mol. The van der Waals surface area contributed by atoms with Crippen LogP contribution < -0.4 is 0 Å². The molecule has 0 radical (unpaired) electrons. The molecule has 0 saturated heterocycles. The summed E-state index contributed by atoms with van der Waals surface area (Å²) in [4.78, 5) is 31.0. The Hall–Kier alpha value is 0.100. The van der Waals surface area contributed by atoms with Crippen molar-refractivity contribution in [3.8, 4) is 0 Å². The van der Waals surface area contributed by atoms with Crippen molar-refractivity contribution in [2.45, 2.75) is 52.4 Å². The standard InChI is InChI=1S/C15H32O4.H4O7P2/c1-14(2)8-6-4-3-5-7-9-19-13-15(10-16,11-17)12-18;1-8(2,3)7-9(4,5)6/h14,16-18H,3-13H2,1-2H3;(H2,1,2,3)(H2,4,5,6). The Kier molecular flexibility index (Phi) is 17.2. The molecule has 28 heavy (non-hydrogen) atoms. The summed E-state index contributed by atoms with van der Waals surface area (Å²) in [6, 6.07) is 0. The third kappa shape index (κ3) is 20.8. The van der Waals surface area contributed by atoms with E-state index in [1.54, 1.807) is 0 Å². The Labute approximate surface area is 166 Å². The van der Waals surface area contributed by atoms with Crippen LogP contribution in [0.1, 0.15) is 52.4 Å². The molecule has 0 aromatic carbocycles. The van der Waals surface area contributed by atoms with Crippen LogP contribution >= 0.6 is 15.6 Å². The Morgan fingerprint density at radius 2 is 1.21 bits per heavy atom. The first-order valence-corrected chi connectivity index (χ1v) is 12.1. The maximum atomic E-state index is 9.63. The van der Waals surface area contributed by atoms with Gasteiger partial charge in [-0.2, -0.15) is 4.31 Å². The van der Waals surface area contributed by atoms with Gasteiger partial charge in [0.25, 0.3) is 0 Å². The zero-order chi connectivity index (χ0) is 22.3. The van der Waals surface area contributed by atoms with Crippen molar-refractivity contribution in [2.75, 3.05) is 33.0 Å². The lowest BCUT2D eigenvalue weighted by Gasteiger charge is -2.26. The molecule has 11 nitrogen and oxygen atoms in total. The van der Waals surface area contributed by atoms with Crippen LogP contribution in [0.5, 0.6) is 0 Å². The molecule has 7 N–H and O–H groups in total. The van der Waals surface area contributed by atoms with Gasteiger partial charge >= 0.3 is 15.6 Å². The number of aliphatic hydroxyl groups excluding tert-OH is 3. The van der Waals surface area contributed by atoms with E-state index >= 15 is 0 Å². The van der Waals surface area contributed by atoms with Crippen LogP contribution in [0.2, 0.25) is 0 Å². The monoisotopic (exact) mass is 454 g/mol. The van der Waals surface area contributed by atoms with E-state index in [9.17, 15) is 9.13 Å². The highest BCUT2D eigenvalue weighted by Crippen LogP contribution is 2.53. The van der Waals surface area contributed by atoms with Crippen LogP contribution in [0.4, 0.5) is 0 Å². The minimum absolute atomic E-state index is 0.212. The summed E-state index contributed by atoms with van der Waals surface area (Å²) in [5.74, 6) is 0.798. The number of ether oxygens (including phenoxy) is 1. The van der Waals surface area contributed by atoms with E-state index < -0.39 is 21.1 Å². The Balaban J connectivity index is 0. The van der Waals surface area contributed by atoms with Crippen LogP contribution in [-0.4, -0.2) is 67.9 Å². The number of rotatable bonds is 15. The summed E-state index contributed by atoms with van der Waals surface area (Å²) < 4.78 is 27.6. The fraction of sp³-hybridized carbons (Fsp3) is 1.00. The average molecular weight is 454 g/mol. The second kappa shape index (κ2) is 15.9. The van der Waals surface area contributed by atoms with E-state index in [-0.39, 0.29) is 26.4 Å². The zero-order valence-corrected chi connectivity index (χ0v) is 18.3. The molecule has 0 heterocycles. The van der Waals surface area contributed by atoms with E-state index in [4.69, 9.17) is 39.6 Å². The Morgan fingerprint density at radius 3 is 1.57 bits per heavy atom. The van der Waals surface area contributed by atoms with Crippen LogP contribution in [0.15, 0.2) is 0 Å². The van der Waals surface area contributed by atoms with Gasteiger partial charge < -0.3 is 39.6 Å². The summed E-state index contributed by atoms with van der Waals surface area (Å²) in [6.45, 7) is 4.59. The van der Waals surface area contributed by atoms with Gasteiger partial charge in [-0.25, -0.2) is 9.13 Å². The number of phosphoric acid groups is 2. The fourth-order valence-corrected chi connectivity index (χ4v) is 3.11. The Bertz CT molecular complexity index is 429. The number of unbranched alkanes of at least 4 members (excludes halogenated alkanes) is 4. The molecule has 0 aliphatic heterocycles. The molecule has 0 aliphatic rings. The van der Waals surface area contributed by atoms with E-state index in [0.717, 1.165) is 18.8 Å². The lowest BCUT2D eigenvalue weighted by Crippen LogP contribution is -2.38. The van der Waals surface area contributed by atoms with Crippen molar-refractivity contribution in [3.63, 3.8) is 0 Å². The average Bonchev–Trinajstić information content (AvgIpc) is 2.54. The van der Waals surface area contributed by atoms with Gasteiger partial charge in [-0.05, 0) is 12.3 Å². The fourth-order valence-electron chi connectivity index (χ4n) is 2.00. The van der Waals surface area contributed by atoms with E-state index in [0.29, 0.717) is 6.61 Å². The lowest BCUT2D eigenvalue weighted by molar-refractivity contribution is -0.0582. The maximum absolute atomic E-state index is 9.63. The summed E-state index contributed by atoms with van der Waals surface area (Å²) in [6.07, 6.45) is 7.29. The molecule has 0 spiro atoms. The molecule has 0 saturated carbocycles. The molecule has 0 amide bonds. The minimum Gasteiger partial charge on any atom is -0.396 e. The van der Waals surface area contributed by atoms with Crippen LogP contribution in [-0.2, 0) is 18.2 Å². The van der Waals surface area contributed by atoms with Gasteiger partial charge in [0, 0.05) is 6.61 Å². The summed E-state index contributed by atoms with van der Waals surface area (Å²) in [5.41, 5.74) is -0.892. The van der Waals surface area contributed by atoms with Gasteiger partial charge in [0.05, 0.1) is 31.8 Å². The second-order valence-corrected chi connectivity index (χ2v) is 9.66. The molecule has 172 valence electrons. The molecular formula is C15H36O11P2. The molecule has 0 fully saturated rings. The molecule has 0 aliphatic carbocycles. The first kappa shape index (κ1) is 30.3. The van der Waals surface area contributed by atoms with Crippen molar-refractivity contribution < 1.29 is 53.1 Å². The van der Waals surface area contributed by atoms with Gasteiger partial charge in [0.15, 0.2) is 0 Å². The van der Waals surface area contributed by atoms with E-state index in [1.807, 2.05) is 0 Å². The number of hydrogen-bond donors (Lipinski definition) is 7. The van der Waals surface area contributed by atoms with Crippen LogP contribution in [0, 0.1) is 11.3 Å². The van der Waals surface area contributed by atoms with Gasteiger partial charge in [0.1, 0.15) is 0 Å². The van der Waals surface area contributed by atoms with Crippen molar-refractivity contribution in [2.24, 2.45) is 11.3 Å². The highest BCUT2D eigenvalue weighted by molar-refractivity contribution is 7.60. The molecule has 0 unspecified atom stereocenters. The highest BCUT2D eigenvalue weighted by atomic mass is 31.3. The van der Waals surface area contributed by atoms with Crippen molar-refractivity contribution >= 4 is 15.6 Å². The summed E-state index contributed by atoms with van der Waals surface area (Å²) in [5, 5.41) is 27.4. The largest absolute Gasteiger partial charge is 0.478 e. The van der Waals surface area contributed by atoms with Gasteiger partial charge in [-0.1, -0.05) is 46.0 Å². The van der Waals surface area contributed by atoms with Gasteiger partial charge in [-0.15, -0.1) is 0 Å². The minimum atomic E-state index is -5.05. The van der Waals surface area contributed by atoms with E-state index in [1.165, 1.54) is 25.7 Å². The smallest absolute Gasteiger partial charge is 0.396 e. The topological polar surface area (TPSA) is 194 Å². The molecule has 0 bridgehead atoms. The molecule has 0 atom stereocenters. The predicted octanol–water partition coefficient (Wildman–Crippen LogP) is 1.15. The normalized spacial score (nSPS) is 12.8. The first-order chi connectivity index (χ1) is 12.8. The zero-order valence-electron chi connectivity index (χ0n) is 16.5. The number of hydrogen-bond acceptors (Lipinski definition) is 7.